The Morgan fingerprint density at radius 2 is 2.00 bits per heavy atom. The highest BCUT2D eigenvalue weighted by molar-refractivity contribution is 6.02. The minimum atomic E-state index is -0.505. The summed E-state index contributed by atoms with van der Waals surface area (Å²) in [7, 11) is 1.86. The lowest BCUT2D eigenvalue weighted by atomic mass is 9.91. The number of carbonyl (C=O) groups is 3. The molecule has 2 fully saturated rings. The van der Waals surface area contributed by atoms with Crippen molar-refractivity contribution in [1.82, 2.24) is 20.0 Å². The number of benzene rings is 1. The monoisotopic (exact) mass is 412 g/mol. The summed E-state index contributed by atoms with van der Waals surface area (Å²) in [5, 5.41) is 7.94. The normalized spacial score (nSPS) is 22.5. The van der Waals surface area contributed by atoms with Crippen LogP contribution in [0.4, 0.5) is 4.79 Å². The van der Waals surface area contributed by atoms with Crippen LogP contribution in [0.3, 0.4) is 0 Å². The largest absolute Gasteiger partial charge is 0.444 e. The molecule has 1 aromatic heterocycles. The summed E-state index contributed by atoms with van der Waals surface area (Å²) in [6, 6.07) is 6.16. The smallest absolute Gasteiger partial charge is 0.410 e. The third-order valence-electron chi connectivity index (χ3n) is 5.78. The third-order valence-corrected chi connectivity index (χ3v) is 5.78. The number of likely N-dealkylation sites (tertiary alicyclic amines) is 1. The fourth-order valence-corrected chi connectivity index (χ4v) is 4.29. The van der Waals surface area contributed by atoms with Crippen molar-refractivity contribution in [3.8, 4) is 0 Å². The summed E-state index contributed by atoms with van der Waals surface area (Å²) in [6.45, 7) is 6.90. The molecule has 2 saturated heterocycles. The van der Waals surface area contributed by atoms with Crippen molar-refractivity contribution in [2.75, 3.05) is 13.1 Å². The number of amides is 3. The Morgan fingerprint density at radius 3 is 2.70 bits per heavy atom. The van der Waals surface area contributed by atoms with E-state index < -0.39 is 11.5 Å². The van der Waals surface area contributed by atoms with E-state index in [4.69, 9.17) is 4.74 Å². The van der Waals surface area contributed by atoms with Crippen LogP contribution >= 0.6 is 0 Å². The summed E-state index contributed by atoms with van der Waals surface area (Å²) >= 11 is 0. The van der Waals surface area contributed by atoms with Gasteiger partial charge in [0.25, 0.3) is 0 Å². The van der Waals surface area contributed by atoms with Gasteiger partial charge < -0.3 is 9.64 Å². The molecule has 0 radical (unpaired) electrons. The summed E-state index contributed by atoms with van der Waals surface area (Å²) in [5.74, 6) is -0.684. The van der Waals surface area contributed by atoms with Gasteiger partial charge in [0.1, 0.15) is 5.60 Å². The summed E-state index contributed by atoms with van der Waals surface area (Å²) < 4.78 is 7.28. The molecule has 0 bridgehead atoms. The van der Waals surface area contributed by atoms with E-state index in [-0.39, 0.29) is 23.8 Å². The molecule has 3 amide bonds. The van der Waals surface area contributed by atoms with Crippen LogP contribution in [0.5, 0.6) is 0 Å². The number of piperidine rings is 1. The number of ether oxygens (including phenoxy) is 1. The van der Waals surface area contributed by atoms with Gasteiger partial charge in [0, 0.05) is 37.9 Å². The Morgan fingerprint density at radius 1 is 1.23 bits per heavy atom. The number of carbonyl (C=O) groups excluding carboxylic acids is 3. The SMILES string of the molecule is Cn1nc(C2CCC(=O)NC2=O)c2ccc([C@H]3CCN(C(=O)OC(C)(C)C)C3)cc21. The van der Waals surface area contributed by atoms with Gasteiger partial charge in [-0.25, -0.2) is 4.79 Å². The van der Waals surface area contributed by atoms with Crippen molar-refractivity contribution >= 4 is 28.8 Å². The highest BCUT2D eigenvalue weighted by Crippen LogP contribution is 2.34. The standard InChI is InChI=1S/C22H28N4O4/c1-22(2,3)30-21(29)26-10-9-14(12-26)13-5-6-15-17(11-13)25(4)24-19(15)16-7-8-18(27)23-20(16)28/h5-6,11,14,16H,7-10,12H2,1-4H3,(H,23,27,28)/t14-,16?/m0/s1. The molecule has 1 unspecified atom stereocenters. The Kier molecular flexibility index (Phi) is 5.03. The van der Waals surface area contributed by atoms with E-state index in [9.17, 15) is 14.4 Å². The molecule has 1 N–H and O–H groups in total. The molecule has 0 spiro atoms. The number of rotatable bonds is 2. The van der Waals surface area contributed by atoms with Gasteiger partial charge in [-0.15, -0.1) is 0 Å². The predicted octanol–water partition coefficient (Wildman–Crippen LogP) is 2.82. The zero-order valence-corrected chi connectivity index (χ0v) is 17.9. The molecule has 1 aromatic carbocycles. The van der Waals surface area contributed by atoms with Crippen LogP contribution in [-0.4, -0.2) is 51.3 Å². The topological polar surface area (TPSA) is 93.5 Å². The fourth-order valence-electron chi connectivity index (χ4n) is 4.29. The number of hydrogen-bond acceptors (Lipinski definition) is 5. The first-order valence-corrected chi connectivity index (χ1v) is 10.4. The van der Waals surface area contributed by atoms with E-state index in [0.717, 1.165) is 22.9 Å². The lowest BCUT2D eigenvalue weighted by Crippen LogP contribution is -2.39. The fraction of sp³-hybridized carbons (Fsp3) is 0.545. The van der Waals surface area contributed by atoms with Crippen molar-refractivity contribution in [1.29, 1.82) is 0 Å². The Bertz CT molecular complexity index is 1020. The van der Waals surface area contributed by atoms with Crippen molar-refractivity contribution in [2.24, 2.45) is 7.05 Å². The van der Waals surface area contributed by atoms with E-state index in [1.54, 1.807) is 9.58 Å². The highest BCUT2D eigenvalue weighted by atomic mass is 16.6. The molecule has 8 heteroatoms. The number of aryl methyl sites for hydroxylation is 1. The van der Waals surface area contributed by atoms with Gasteiger partial charge in [0.15, 0.2) is 0 Å². The van der Waals surface area contributed by atoms with Crippen LogP contribution in [0, 0.1) is 0 Å². The van der Waals surface area contributed by atoms with Crippen LogP contribution in [0.2, 0.25) is 0 Å². The lowest BCUT2D eigenvalue weighted by molar-refractivity contribution is -0.134. The molecule has 0 saturated carbocycles. The predicted molar refractivity (Wildman–Crippen MR) is 111 cm³/mol. The quantitative estimate of drug-likeness (QED) is 0.766. The van der Waals surface area contributed by atoms with Crippen LogP contribution in [0.1, 0.15) is 63.1 Å². The Labute approximate surface area is 175 Å². The van der Waals surface area contributed by atoms with Crippen molar-refractivity contribution in [2.45, 2.75) is 57.5 Å². The highest BCUT2D eigenvalue weighted by Gasteiger charge is 2.33. The maximum Gasteiger partial charge on any atom is 0.410 e. The van der Waals surface area contributed by atoms with Gasteiger partial charge in [0.2, 0.25) is 11.8 Å². The number of imide groups is 1. The van der Waals surface area contributed by atoms with Crippen molar-refractivity contribution in [3.63, 3.8) is 0 Å². The van der Waals surface area contributed by atoms with E-state index >= 15 is 0 Å². The summed E-state index contributed by atoms with van der Waals surface area (Å²) in [5.41, 5.74) is 2.30. The first-order chi connectivity index (χ1) is 14.1. The number of nitrogens with one attached hydrogen (secondary N) is 1. The van der Waals surface area contributed by atoms with Crippen LogP contribution in [-0.2, 0) is 21.4 Å². The zero-order chi connectivity index (χ0) is 21.6. The Hall–Kier alpha value is -2.90. The molecule has 2 aliphatic rings. The number of hydrogen-bond donors (Lipinski definition) is 1. The minimum absolute atomic E-state index is 0.227. The molecule has 30 heavy (non-hydrogen) atoms. The second kappa shape index (κ2) is 7.41. The second-order valence-corrected chi connectivity index (χ2v) is 9.20. The van der Waals surface area contributed by atoms with E-state index in [1.807, 2.05) is 33.9 Å². The van der Waals surface area contributed by atoms with E-state index in [0.29, 0.717) is 31.6 Å². The molecule has 2 aliphatic heterocycles. The molecule has 2 aromatic rings. The maximum atomic E-state index is 12.4. The molecule has 4 rings (SSSR count). The third kappa shape index (κ3) is 3.91. The van der Waals surface area contributed by atoms with E-state index in [1.165, 1.54) is 0 Å². The van der Waals surface area contributed by atoms with Gasteiger partial charge in [-0.3, -0.25) is 19.6 Å². The number of nitrogens with zero attached hydrogens (tertiary/aromatic N) is 3. The molecule has 3 heterocycles. The summed E-state index contributed by atoms with van der Waals surface area (Å²) in [4.78, 5) is 37.9. The number of aromatic nitrogens is 2. The van der Waals surface area contributed by atoms with Gasteiger partial charge in [-0.2, -0.15) is 5.10 Å². The molecule has 8 nitrogen and oxygen atoms in total. The van der Waals surface area contributed by atoms with Crippen molar-refractivity contribution < 1.29 is 19.1 Å². The zero-order valence-electron chi connectivity index (χ0n) is 17.9. The van der Waals surface area contributed by atoms with Gasteiger partial charge >= 0.3 is 6.09 Å². The molecule has 160 valence electrons. The average molecular weight is 412 g/mol. The Balaban J connectivity index is 1.55. The first-order valence-electron chi connectivity index (χ1n) is 10.4. The van der Waals surface area contributed by atoms with Gasteiger partial charge in [-0.1, -0.05) is 12.1 Å². The average Bonchev–Trinajstić information content (AvgIpc) is 3.26. The van der Waals surface area contributed by atoms with Gasteiger partial charge in [0.05, 0.1) is 17.1 Å². The maximum absolute atomic E-state index is 12.4. The second-order valence-electron chi connectivity index (χ2n) is 9.20. The number of fused-ring (bicyclic) bond motifs is 1. The molecule has 2 atom stereocenters. The minimum Gasteiger partial charge on any atom is -0.444 e. The molecular formula is C22H28N4O4. The first kappa shape index (κ1) is 20.4. The van der Waals surface area contributed by atoms with Crippen molar-refractivity contribution in [3.05, 3.63) is 29.5 Å². The van der Waals surface area contributed by atoms with Crippen LogP contribution in [0.25, 0.3) is 10.9 Å². The van der Waals surface area contributed by atoms with Crippen LogP contribution < -0.4 is 5.32 Å². The van der Waals surface area contributed by atoms with E-state index in [2.05, 4.69) is 22.5 Å². The summed E-state index contributed by atoms with van der Waals surface area (Å²) in [6.07, 6.45) is 1.41. The molecular weight excluding hydrogens is 384 g/mol. The van der Waals surface area contributed by atoms with Crippen LogP contribution in [0.15, 0.2) is 18.2 Å². The van der Waals surface area contributed by atoms with Gasteiger partial charge in [-0.05, 0) is 45.2 Å². The lowest BCUT2D eigenvalue weighted by Gasteiger charge is -2.24. The molecule has 0 aliphatic carbocycles.